The number of hydrogen-bond acceptors (Lipinski definition) is 5. The van der Waals surface area contributed by atoms with E-state index in [9.17, 15) is 14.4 Å². The Hall–Kier alpha value is -2.77. The van der Waals surface area contributed by atoms with E-state index in [-0.39, 0.29) is 36.6 Å². The van der Waals surface area contributed by atoms with Crippen molar-refractivity contribution in [3.63, 3.8) is 0 Å². The van der Waals surface area contributed by atoms with E-state index < -0.39 is 5.41 Å². The number of carbonyl (C=O) groups is 3. The molecule has 1 saturated heterocycles. The fraction of sp³-hybridized carbons (Fsp3) is 0.385. The van der Waals surface area contributed by atoms with Crippen LogP contribution >= 0.6 is 22.9 Å². The Kier molecular flexibility index (Phi) is 6.16. The number of halogens is 1. The van der Waals surface area contributed by atoms with Gasteiger partial charge in [-0.05, 0) is 36.6 Å². The molecule has 8 heteroatoms. The van der Waals surface area contributed by atoms with Crippen LogP contribution in [0.1, 0.15) is 49.1 Å². The van der Waals surface area contributed by atoms with Crippen molar-refractivity contribution >= 4 is 50.9 Å². The summed E-state index contributed by atoms with van der Waals surface area (Å²) in [6.45, 7) is 0.339. The molecule has 176 valence electrons. The van der Waals surface area contributed by atoms with Gasteiger partial charge >= 0.3 is 0 Å². The molecule has 1 atom stereocenters. The van der Waals surface area contributed by atoms with Crippen molar-refractivity contribution < 1.29 is 14.4 Å². The van der Waals surface area contributed by atoms with E-state index in [1.54, 1.807) is 47.5 Å². The normalized spacial score (nSPS) is 21.1. The summed E-state index contributed by atoms with van der Waals surface area (Å²) in [7, 11) is 1.71. The molecular formula is C26H26ClN3O3S. The second-order valence-corrected chi connectivity index (χ2v) is 10.8. The van der Waals surface area contributed by atoms with E-state index in [0.29, 0.717) is 17.1 Å². The molecule has 0 bridgehead atoms. The van der Waals surface area contributed by atoms with Gasteiger partial charge in [0.1, 0.15) is 5.01 Å². The molecule has 2 heterocycles. The van der Waals surface area contributed by atoms with Gasteiger partial charge in [-0.15, -0.1) is 11.3 Å². The van der Waals surface area contributed by atoms with Gasteiger partial charge in [0, 0.05) is 31.0 Å². The van der Waals surface area contributed by atoms with Crippen LogP contribution in [0, 0.1) is 0 Å². The lowest BCUT2D eigenvalue weighted by atomic mass is 9.75. The molecule has 0 unspecified atom stereocenters. The number of thiazole rings is 1. The van der Waals surface area contributed by atoms with E-state index in [1.165, 1.54) is 4.90 Å². The van der Waals surface area contributed by atoms with Gasteiger partial charge in [0.25, 0.3) is 0 Å². The van der Waals surface area contributed by atoms with E-state index in [2.05, 4.69) is 4.98 Å². The number of imide groups is 1. The Morgan fingerprint density at radius 3 is 2.59 bits per heavy atom. The van der Waals surface area contributed by atoms with Crippen LogP contribution in [0.4, 0.5) is 0 Å². The number of fused-ring (bicyclic) bond motifs is 1. The summed E-state index contributed by atoms with van der Waals surface area (Å²) in [5.74, 6) is -0.716. The predicted molar refractivity (Wildman–Crippen MR) is 133 cm³/mol. The van der Waals surface area contributed by atoms with Gasteiger partial charge in [0.05, 0.1) is 22.2 Å². The third-order valence-corrected chi connectivity index (χ3v) is 8.37. The molecule has 3 aromatic rings. The topological polar surface area (TPSA) is 70.6 Å². The summed E-state index contributed by atoms with van der Waals surface area (Å²) in [5, 5.41) is 1.23. The number of nitrogens with zero attached hydrogens (tertiary/aromatic N) is 3. The minimum absolute atomic E-state index is 0.0349. The molecular weight excluding hydrogens is 470 g/mol. The molecule has 5 rings (SSSR count). The first-order chi connectivity index (χ1) is 16.4. The zero-order chi connectivity index (χ0) is 23.9. The van der Waals surface area contributed by atoms with Crippen molar-refractivity contribution in [3.05, 3.63) is 64.1 Å². The second-order valence-electron chi connectivity index (χ2n) is 9.25. The molecule has 2 aliphatic rings. The first-order valence-corrected chi connectivity index (χ1v) is 12.8. The number of likely N-dealkylation sites (tertiary alicyclic amines) is 1. The van der Waals surface area contributed by atoms with Crippen LogP contribution in [-0.4, -0.2) is 45.6 Å². The maximum atomic E-state index is 13.9. The van der Waals surface area contributed by atoms with Crippen LogP contribution in [0.15, 0.2) is 48.5 Å². The average Bonchev–Trinajstić information content (AvgIpc) is 3.53. The highest BCUT2D eigenvalue weighted by atomic mass is 35.5. The molecule has 0 spiro atoms. The quantitative estimate of drug-likeness (QED) is 0.454. The minimum Gasteiger partial charge on any atom is -0.339 e. The monoisotopic (exact) mass is 495 g/mol. The minimum atomic E-state index is -1.28. The third-order valence-electron chi connectivity index (χ3n) is 7.02. The Morgan fingerprint density at radius 1 is 1.15 bits per heavy atom. The summed E-state index contributed by atoms with van der Waals surface area (Å²) < 4.78 is 1.06. The van der Waals surface area contributed by atoms with Crippen molar-refractivity contribution in [1.82, 2.24) is 14.8 Å². The number of benzene rings is 2. The van der Waals surface area contributed by atoms with E-state index in [0.717, 1.165) is 40.9 Å². The van der Waals surface area contributed by atoms with Gasteiger partial charge in [-0.2, -0.15) is 0 Å². The number of amides is 3. The SMILES string of the molecule is CN(Cc1nc2ccccc2s1)C(=O)C[C@@]1(c2ccccc2Cl)CC(=O)N(C2CCCC2)C1=O. The fourth-order valence-electron chi connectivity index (χ4n) is 5.26. The average molecular weight is 496 g/mol. The van der Waals surface area contributed by atoms with Gasteiger partial charge < -0.3 is 4.90 Å². The smallest absolute Gasteiger partial charge is 0.241 e. The van der Waals surface area contributed by atoms with E-state index in [4.69, 9.17) is 11.6 Å². The number of hydrogen-bond donors (Lipinski definition) is 0. The molecule has 0 radical (unpaired) electrons. The van der Waals surface area contributed by atoms with Crippen molar-refractivity contribution in [2.24, 2.45) is 0 Å². The van der Waals surface area contributed by atoms with Crippen LogP contribution in [-0.2, 0) is 26.3 Å². The van der Waals surface area contributed by atoms with Crippen molar-refractivity contribution in [2.45, 2.75) is 56.5 Å². The lowest BCUT2D eigenvalue weighted by Gasteiger charge is -2.31. The van der Waals surface area contributed by atoms with E-state index in [1.807, 2.05) is 24.3 Å². The molecule has 1 saturated carbocycles. The van der Waals surface area contributed by atoms with Crippen LogP contribution < -0.4 is 0 Å². The maximum Gasteiger partial charge on any atom is 0.241 e. The van der Waals surface area contributed by atoms with Gasteiger partial charge in [-0.1, -0.05) is 54.8 Å². The Balaban J connectivity index is 1.44. The molecule has 1 aromatic heterocycles. The lowest BCUT2D eigenvalue weighted by Crippen LogP contribution is -2.45. The van der Waals surface area contributed by atoms with Gasteiger partial charge in [0.15, 0.2) is 0 Å². The molecule has 0 N–H and O–H groups in total. The highest BCUT2D eigenvalue weighted by molar-refractivity contribution is 7.18. The Labute approximate surface area is 207 Å². The standard InChI is InChI=1S/C26H26ClN3O3S/c1-29(16-22-28-20-12-6-7-13-21(20)34-22)23(31)14-26(18-10-4-5-11-19(18)27)15-24(32)30(25(26)33)17-8-2-3-9-17/h4-7,10-13,17H,2-3,8-9,14-16H2,1H3/t26-/m0/s1. The molecule has 34 heavy (non-hydrogen) atoms. The van der Waals surface area contributed by atoms with Gasteiger partial charge in [0.2, 0.25) is 17.7 Å². The highest BCUT2D eigenvalue weighted by Crippen LogP contribution is 2.45. The highest BCUT2D eigenvalue weighted by Gasteiger charge is 2.56. The predicted octanol–water partition coefficient (Wildman–Crippen LogP) is 4.94. The van der Waals surface area contributed by atoms with Gasteiger partial charge in [-0.25, -0.2) is 4.98 Å². The number of para-hydroxylation sites is 1. The fourth-order valence-corrected chi connectivity index (χ4v) is 6.60. The molecule has 2 aromatic carbocycles. The second kappa shape index (κ2) is 9.12. The van der Waals surface area contributed by atoms with E-state index >= 15 is 0 Å². The molecule has 6 nitrogen and oxygen atoms in total. The number of rotatable bonds is 6. The summed E-state index contributed by atoms with van der Waals surface area (Å²) in [6.07, 6.45) is 3.51. The van der Waals surface area contributed by atoms with Crippen LogP contribution in [0.5, 0.6) is 0 Å². The molecule has 1 aliphatic heterocycles. The Morgan fingerprint density at radius 2 is 1.85 bits per heavy atom. The number of carbonyl (C=O) groups excluding carboxylic acids is 3. The summed E-state index contributed by atoms with van der Waals surface area (Å²) in [4.78, 5) is 48.1. The lowest BCUT2D eigenvalue weighted by molar-refractivity contribution is -0.144. The summed E-state index contributed by atoms with van der Waals surface area (Å²) in [5.41, 5.74) is 0.175. The third kappa shape index (κ3) is 4.01. The first-order valence-electron chi connectivity index (χ1n) is 11.6. The largest absolute Gasteiger partial charge is 0.339 e. The zero-order valence-electron chi connectivity index (χ0n) is 19.0. The zero-order valence-corrected chi connectivity index (χ0v) is 20.6. The van der Waals surface area contributed by atoms with Crippen molar-refractivity contribution in [1.29, 1.82) is 0 Å². The Bertz CT molecular complexity index is 1240. The van der Waals surface area contributed by atoms with Crippen molar-refractivity contribution in [2.75, 3.05) is 7.05 Å². The van der Waals surface area contributed by atoms with Gasteiger partial charge in [-0.3, -0.25) is 19.3 Å². The van der Waals surface area contributed by atoms with Crippen LogP contribution in [0.25, 0.3) is 10.2 Å². The first kappa shape index (κ1) is 23.0. The molecule has 3 amide bonds. The summed E-state index contributed by atoms with van der Waals surface area (Å²) in [6, 6.07) is 14.8. The van der Waals surface area contributed by atoms with Crippen LogP contribution in [0.3, 0.4) is 0 Å². The van der Waals surface area contributed by atoms with Crippen molar-refractivity contribution in [3.8, 4) is 0 Å². The molecule has 2 fully saturated rings. The summed E-state index contributed by atoms with van der Waals surface area (Å²) >= 11 is 8.08. The molecule has 1 aliphatic carbocycles. The maximum absolute atomic E-state index is 13.9. The number of aromatic nitrogens is 1. The van der Waals surface area contributed by atoms with Crippen LogP contribution in [0.2, 0.25) is 5.02 Å².